The summed E-state index contributed by atoms with van der Waals surface area (Å²) in [4.78, 5) is 23.0. The molecule has 0 bridgehead atoms. The van der Waals surface area contributed by atoms with Gasteiger partial charge in [-0.15, -0.1) is 0 Å². The highest BCUT2D eigenvalue weighted by molar-refractivity contribution is 5.82. The van der Waals surface area contributed by atoms with Crippen LogP contribution in [0.2, 0.25) is 0 Å². The zero-order valence-corrected chi connectivity index (χ0v) is 12.8. The third kappa shape index (κ3) is 7.97. The highest BCUT2D eigenvalue weighted by Crippen LogP contribution is 2.10. The zero-order chi connectivity index (χ0) is 15.5. The Bertz CT molecular complexity index is 443. The number of carbonyl (C=O) groups is 2. The average molecular weight is 292 g/mol. The van der Waals surface area contributed by atoms with Crippen molar-refractivity contribution in [3.63, 3.8) is 0 Å². The van der Waals surface area contributed by atoms with Gasteiger partial charge in [0.1, 0.15) is 5.75 Å². The van der Waals surface area contributed by atoms with E-state index in [0.717, 1.165) is 31.2 Å². The van der Waals surface area contributed by atoms with Crippen LogP contribution in [0.5, 0.6) is 5.75 Å². The normalized spacial score (nSPS) is 10.0. The van der Waals surface area contributed by atoms with Crippen LogP contribution >= 0.6 is 0 Å². The van der Waals surface area contributed by atoms with Crippen LogP contribution in [-0.2, 0) is 9.59 Å². The van der Waals surface area contributed by atoms with E-state index < -0.39 is 0 Å². The molecular formula is C16H24N2O3. The Balaban J connectivity index is 2.13. The van der Waals surface area contributed by atoms with Gasteiger partial charge in [-0.3, -0.25) is 20.4 Å². The number of unbranched alkanes of at least 4 members (excludes halogenated alkanes) is 3. The molecule has 0 fully saturated rings. The summed E-state index contributed by atoms with van der Waals surface area (Å²) < 4.78 is 5.30. The van der Waals surface area contributed by atoms with Crippen molar-refractivity contribution in [3.8, 4) is 5.75 Å². The van der Waals surface area contributed by atoms with Crippen molar-refractivity contribution in [2.24, 2.45) is 0 Å². The van der Waals surface area contributed by atoms with Gasteiger partial charge in [0, 0.05) is 6.42 Å². The number of benzene rings is 1. The number of hydrogen-bond acceptors (Lipinski definition) is 3. The van der Waals surface area contributed by atoms with E-state index in [4.69, 9.17) is 4.74 Å². The van der Waals surface area contributed by atoms with Crippen LogP contribution in [0.15, 0.2) is 24.3 Å². The molecule has 116 valence electrons. The lowest BCUT2D eigenvalue weighted by Gasteiger charge is -2.09. The predicted molar refractivity (Wildman–Crippen MR) is 81.7 cm³/mol. The fraction of sp³-hybridized carbons (Fsp3) is 0.500. The summed E-state index contributed by atoms with van der Waals surface area (Å²) in [5.41, 5.74) is 5.85. The van der Waals surface area contributed by atoms with Crippen molar-refractivity contribution < 1.29 is 14.3 Å². The molecule has 0 heterocycles. The van der Waals surface area contributed by atoms with Gasteiger partial charge in [0.2, 0.25) is 5.91 Å². The monoisotopic (exact) mass is 292 g/mol. The number of nitrogens with one attached hydrogen (secondary N) is 2. The lowest BCUT2D eigenvalue weighted by Crippen LogP contribution is -2.43. The van der Waals surface area contributed by atoms with Gasteiger partial charge >= 0.3 is 0 Å². The van der Waals surface area contributed by atoms with Crippen LogP contribution < -0.4 is 15.6 Å². The summed E-state index contributed by atoms with van der Waals surface area (Å²) in [6.07, 6.45) is 4.57. The Morgan fingerprint density at radius 2 is 1.67 bits per heavy atom. The van der Waals surface area contributed by atoms with Crippen LogP contribution in [0.4, 0.5) is 0 Å². The molecule has 0 aliphatic heterocycles. The molecule has 21 heavy (non-hydrogen) atoms. The minimum absolute atomic E-state index is 0.126. The van der Waals surface area contributed by atoms with E-state index in [9.17, 15) is 9.59 Å². The number of ether oxygens (including phenoxy) is 1. The van der Waals surface area contributed by atoms with Gasteiger partial charge in [0.25, 0.3) is 5.91 Å². The molecule has 0 saturated carbocycles. The zero-order valence-electron chi connectivity index (χ0n) is 12.8. The summed E-state index contributed by atoms with van der Waals surface area (Å²) in [5, 5.41) is 0. The summed E-state index contributed by atoms with van der Waals surface area (Å²) in [5.74, 6) is 0.0777. The lowest BCUT2D eigenvalue weighted by atomic mass is 10.1. The molecular weight excluding hydrogens is 268 g/mol. The van der Waals surface area contributed by atoms with Crippen LogP contribution in [-0.4, -0.2) is 18.4 Å². The van der Waals surface area contributed by atoms with Gasteiger partial charge in [-0.05, 0) is 25.5 Å². The second-order valence-corrected chi connectivity index (χ2v) is 5.01. The fourth-order valence-electron chi connectivity index (χ4n) is 1.73. The predicted octanol–water partition coefficient (Wildman–Crippen LogP) is 2.49. The first-order chi connectivity index (χ1) is 10.1. The van der Waals surface area contributed by atoms with Gasteiger partial charge in [-0.2, -0.15) is 0 Å². The van der Waals surface area contributed by atoms with E-state index in [1.807, 2.05) is 19.1 Å². The summed E-state index contributed by atoms with van der Waals surface area (Å²) in [6.45, 7) is 3.97. The first-order valence-corrected chi connectivity index (χ1v) is 7.39. The number of amides is 2. The maximum atomic E-state index is 11.5. The second kappa shape index (κ2) is 9.80. The maximum Gasteiger partial charge on any atom is 0.276 e. The smallest absolute Gasteiger partial charge is 0.276 e. The van der Waals surface area contributed by atoms with Crippen LogP contribution in [0, 0.1) is 6.92 Å². The van der Waals surface area contributed by atoms with Crippen molar-refractivity contribution in [2.75, 3.05) is 6.61 Å². The van der Waals surface area contributed by atoms with Crippen LogP contribution in [0.3, 0.4) is 0 Å². The van der Waals surface area contributed by atoms with Crippen molar-refractivity contribution in [3.05, 3.63) is 29.8 Å². The first-order valence-electron chi connectivity index (χ1n) is 7.39. The maximum absolute atomic E-state index is 11.5. The van der Waals surface area contributed by atoms with E-state index in [1.54, 1.807) is 12.1 Å². The molecule has 1 aromatic rings. The van der Waals surface area contributed by atoms with Crippen LogP contribution in [0.25, 0.3) is 0 Å². The highest BCUT2D eigenvalue weighted by Gasteiger charge is 2.05. The Morgan fingerprint density at radius 3 is 2.33 bits per heavy atom. The number of hydrogen-bond donors (Lipinski definition) is 2. The van der Waals surface area contributed by atoms with E-state index in [-0.39, 0.29) is 18.4 Å². The highest BCUT2D eigenvalue weighted by atomic mass is 16.5. The largest absolute Gasteiger partial charge is 0.484 e. The van der Waals surface area contributed by atoms with Gasteiger partial charge in [-0.1, -0.05) is 43.9 Å². The van der Waals surface area contributed by atoms with E-state index in [0.29, 0.717) is 12.2 Å². The molecule has 5 nitrogen and oxygen atoms in total. The van der Waals surface area contributed by atoms with Gasteiger partial charge in [0.05, 0.1) is 0 Å². The van der Waals surface area contributed by atoms with E-state index >= 15 is 0 Å². The molecule has 0 saturated heterocycles. The number of hydrazine groups is 1. The third-order valence-electron chi connectivity index (χ3n) is 2.99. The topological polar surface area (TPSA) is 67.4 Å². The second-order valence-electron chi connectivity index (χ2n) is 5.01. The van der Waals surface area contributed by atoms with Crippen molar-refractivity contribution in [2.45, 2.75) is 46.0 Å². The number of aryl methyl sites for hydroxylation is 1. The van der Waals surface area contributed by atoms with Crippen molar-refractivity contribution in [1.29, 1.82) is 0 Å². The molecule has 2 N–H and O–H groups in total. The molecule has 0 aliphatic rings. The van der Waals surface area contributed by atoms with Crippen molar-refractivity contribution >= 4 is 11.8 Å². The first kappa shape index (κ1) is 17.0. The minimum atomic E-state index is -0.377. The number of carbonyl (C=O) groups excluding carboxylic acids is 2. The molecule has 0 unspecified atom stereocenters. The van der Waals surface area contributed by atoms with E-state index in [1.165, 1.54) is 0 Å². The quantitative estimate of drug-likeness (QED) is 0.571. The summed E-state index contributed by atoms with van der Waals surface area (Å²) in [7, 11) is 0. The lowest BCUT2D eigenvalue weighted by molar-refractivity contribution is -0.130. The Labute approximate surface area is 126 Å². The Hall–Kier alpha value is -2.04. The molecule has 1 aromatic carbocycles. The third-order valence-corrected chi connectivity index (χ3v) is 2.99. The molecule has 5 heteroatoms. The average Bonchev–Trinajstić information content (AvgIpc) is 2.49. The standard InChI is InChI=1S/C16H24N2O3/c1-3-4-5-6-7-15(19)17-18-16(20)12-21-14-10-8-13(2)9-11-14/h8-11H,3-7,12H2,1-2H3,(H,17,19)(H,18,20). The fourth-order valence-corrected chi connectivity index (χ4v) is 1.73. The Kier molecular flexibility index (Phi) is 7.94. The number of rotatable bonds is 8. The molecule has 0 atom stereocenters. The summed E-state index contributed by atoms with van der Waals surface area (Å²) in [6, 6.07) is 7.42. The molecule has 1 rings (SSSR count). The summed E-state index contributed by atoms with van der Waals surface area (Å²) >= 11 is 0. The van der Waals surface area contributed by atoms with Gasteiger partial charge in [-0.25, -0.2) is 0 Å². The molecule has 0 radical (unpaired) electrons. The van der Waals surface area contributed by atoms with Gasteiger partial charge in [0.15, 0.2) is 6.61 Å². The SMILES string of the molecule is CCCCCCC(=O)NNC(=O)COc1ccc(C)cc1. The molecule has 0 aromatic heterocycles. The van der Waals surface area contributed by atoms with Gasteiger partial charge < -0.3 is 4.74 Å². The molecule has 0 aliphatic carbocycles. The molecule has 0 spiro atoms. The Morgan fingerprint density at radius 1 is 1.00 bits per heavy atom. The van der Waals surface area contributed by atoms with Crippen molar-refractivity contribution in [1.82, 2.24) is 10.9 Å². The van der Waals surface area contributed by atoms with E-state index in [2.05, 4.69) is 17.8 Å². The molecule has 2 amide bonds. The minimum Gasteiger partial charge on any atom is -0.484 e. The van der Waals surface area contributed by atoms with Crippen LogP contribution in [0.1, 0.15) is 44.6 Å².